The van der Waals surface area contributed by atoms with Crippen LogP contribution in [0.1, 0.15) is 5.56 Å². The van der Waals surface area contributed by atoms with Crippen LogP contribution in [-0.4, -0.2) is 19.7 Å². The van der Waals surface area contributed by atoms with Crippen LogP contribution in [0.2, 0.25) is 0 Å². The predicted octanol–water partition coefficient (Wildman–Crippen LogP) is 2.41. The lowest BCUT2D eigenvalue weighted by molar-refractivity contribution is 0.477. The SMILES string of the molecule is Cc1ccn2nc(-c3ccccc3O)nc2c1. The van der Waals surface area contributed by atoms with Gasteiger partial charge in [-0.25, -0.2) is 9.50 Å². The smallest absolute Gasteiger partial charge is 0.185 e. The number of fused-ring (bicyclic) bond motifs is 1. The molecule has 17 heavy (non-hydrogen) atoms. The van der Waals surface area contributed by atoms with Crippen molar-refractivity contribution in [3.05, 3.63) is 48.2 Å². The van der Waals surface area contributed by atoms with Crippen molar-refractivity contribution in [1.82, 2.24) is 14.6 Å². The molecule has 3 aromatic rings. The minimum absolute atomic E-state index is 0.195. The van der Waals surface area contributed by atoms with Crippen LogP contribution >= 0.6 is 0 Å². The number of benzene rings is 1. The maximum atomic E-state index is 9.75. The zero-order chi connectivity index (χ0) is 11.8. The summed E-state index contributed by atoms with van der Waals surface area (Å²) in [6, 6.07) is 11.0. The first-order valence-corrected chi connectivity index (χ1v) is 5.35. The molecule has 0 spiro atoms. The van der Waals surface area contributed by atoms with Gasteiger partial charge in [0.2, 0.25) is 0 Å². The van der Waals surface area contributed by atoms with Crippen molar-refractivity contribution in [2.75, 3.05) is 0 Å². The number of aromatic nitrogens is 3. The summed E-state index contributed by atoms with van der Waals surface area (Å²) in [5, 5.41) is 14.1. The summed E-state index contributed by atoms with van der Waals surface area (Å²) in [6.45, 7) is 2.01. The van der Waals surface area contributed by atoms with E-state index in [4.69, 9.17) is 0 Å². The van der Waals surface area contributed by atoms with Crippen molar-refractivity contribution in [1.29, 1.82) is 0 Å². The highest BCUT2D eigenvalue weighted by molar-refractivity contribution is 5.65. The van der Waals surface area contributed by atoms with Crippen molar-refractivity contribution in [3.63, 3.8) is 0 Å². The lowest BCUT2D eigenvalue weighted by atomic mass is 10.2. The lowest BCUT2D eigenvalue weighted by Gasteiger charge is -1.97. The largest absolute Gasteiger partial charge is 0.507 e. The highest BCUT2D eigenvalue weighted by atomic mass is 16.3. The van der Waals surface area contributed by atoms with E-state index in [2.05, 4.69) is 10.1 Å². The van der Waals surface area contributed by atoms with E-state index in [1.54, 1.807) is 22.7 Å². The predicted molar refractivity (Wildman–Crippen MR) is 64.8 cm³/mol. The molecule has 0 bridgehead atoms. The number of rotatable bonds is 1. The Balaban J connectivity index is 2.22. The van der Waals surface area contributed by atoms with Gasteiger partial charge in [0.15, 0.2) is 11.5 Å². The molecule has 0 unspecified atom stereocenters. The second kappa shape index (κ2) is 3.59. The summed E-state index contributed by atoms with van der Waals surface area (Å²) < 4.78 is 1.70. The molecule has 0 saturated carbocycles. The fraction of sp³-hybridized carbons (Fsp3) is 0.0769. The normalized spacial score (nSPS) is 10.9. The number of aryl methyl sites for hydroxylation is 1. The number of pyridine rings is 1. The molecule has 0 aliphatic rings. The molecule has 3 rings (SSSR count). The molecule has 0 radical (unpaired) electrons. The monoisotopic (exact) mass is 225 g/mol. The molecule has 0 aliphatic heterocycles. The zero-order valence-corrected chi connectivity index (χ0v) is 9.33. The number of para-hydroxylation sites is 1. The summed E-state index contributed by atoms with van der Waals surface area (Å²) in [6.07, 6.45) is 1.86. The first kappa shape index (κ1) is 9.84. The molecule has 84 valence electrons. The van der Waals surface area contributed by atoms with Crippen molar-refractivity contribution in [3.8, 4) is 17.1 Å². The van der Waals surface area contributed by atoms with Crippen LogP contribution in [-0.2, 0) is 0 Å². The van der Waals surface area contributed by atoms with Gasteiger partial charge in [0.1, 0.15) is 5.75 Å². The molecule has 2 aromatic heterocycles. The Morgan fingerprint density at radius 2 is 2.00 bits per heavy atom. The Morgan fingerprint density at radius 3 is 2.82 bits per heavy atom. The quantitative estimate of drug-likeness (QED) is 0.691. The topological polar surface area (TPSA) is 50.4 Å². The number of nitrogens with zero attached hydrogens (tertiary/aromatic N) is 3. The zero-order valence-electron chi connectivity index (χ0n) is 9.33. The Bertz CT molecular complexity index is 688. The van der Waals surface area contributed by atoms with Crippen molar-refractivity contribution in [2.45, 2.75) is 6.92 Å². The fourth-order valence-electron chi connectivity index (χ4n) is 1.76. The number of phenolic OH excluding ortho intramolecular Hbond substituents is 1. The lowest BCUT2D eigenvalue weighted by Crippen LogP contribution is -1.86. The average molecular weight is 225 g/mol. The van der Waals surface area contributed by atoms with Gasteiger partial charge in [-0.1, -0.05) is 12.1 Å². The third-order valence-corrected chi connectivity index (χ3v) is 2.64. The Labute approximate surface area is 98.2 Å². The molecule has 0 amide bonds. The summed E-state index contributed by atoms with van der Waals surface area (Å²) in [5.74, 6) is 0.730. The van der Waals surface area contributed by atoms with E-state index in [0.29, 0.717) is 11.4 Å². The summed E-state index contributed by atoms with van der Waals surface area (Å²) in [4.78, 5) is 4.40. The third kappa shape index (κ3) is 1.63. The first-order valence-electron chi connectivity index (χ1n) is 5.35. The highest BCUT2D eigenvalue weighted by Gasteiger charge is 2.09. The van der Waals surface area contributed by atoms with E-state index in [9.17, 15) is 5.11 Å². The van der Waals surface area contributed by atoms with Gasteiger partial charge in [-0.3, -0.25) is 0 Å². The molecule has 0 saturated heterocycles. The molecule has 4 heteroatoms. The van der Waals surface area contributed by atoms with Crippen molar-refractivity contribution < 1.29 is 5.11 Å². The second-order valence-electron chi connectivity index (χ2n) is 3.96. The average Bonchev–Trinajstić information content (AvgIpc) is 2.72. The minimum atomic E-state index is 0.195. The Kier molecular flexibility index (Phi) is 2.08. The standard InChI is InChI=1S/C13H11N3O/c1-9-6-7-16-12(8-9)14-13(15-16)10-4-2-3-5-11(10)17/h2-8,17H,1H3. The van der Waals surface area contributed by atoms with E-state index in [1.165, 1.54) is 0 Å². The molecular weight excluding hydrogens is 214 g/mol. The van der Waals surface area contributed by atoms with Crippen LogP contribution in [0.3, 0.4) is 0 Å². The van der Waals surface area contributed by atoms with Gasteiger partial charge < -0.3 is 5.11 Å². The fourth-order valence-corrected chi connectivity index (χ4v) is 1.76. The molecule has 1 N–H and O–H groups in total. The van der Waals surface area contributed by atoms with E-state index in [1.807, 2.05) is 31.3 Å². The van der Waals surface area contributed by atoms with Crippen LogP contribution < -0.4 is 0 Å². The molecule has 1 aromatic carbocycles. The first-order chi connectivity index (χ1) is 8.24. The molecule has 0 fully saturated rings. The number of phenols is 1. The molecule has 2 heterocycles. The van der Waals surface area contributed by atoms with E-state index in [-0.39, 0.29) is 5.75 Å². The molecular formula is C13H11N3O. The van der Waals surface area contributed by atoms with Gasteiger partial charge in [0.05, 0.1) is 5.56 Å². The van der Waals surface area contributed by atoms with Crippen LogP contribution in [0.5, 0.6) is 5.75 Å². The van der Waals surface area contributed by atoms with Gasteiger partial charge in [-0.05, 0) is 36.8 Å². The van der Waals surface area contributed by atoms with Crippen molar-refractivity contribution in [2.24, 2.45) is 0 Å². The number of hydrogen-bond acceptors (Lipinski definition) is 3. The van der Waals surface area contributed by atoms with Crippen LogP contribution in [0.25, 0.3) is 17.0 Å². The molecule has 0 aliphatic carbocycles. The number of hydrogen-bond donors (Lipinski definition) is 1. The van der Waals surface area contributed by atoms with Gasteiger partial charge in [-0.2, -0.15) is 0 Å². The summed E-state index contributed by atoms with van der Waals surface area (Å²) >= 11 is 0. The van der Waals surface area contributed by atoms with Gasteiger partial charge in [-0.15, -0.1) is 5.10 Å². The van der Waals surface area contributed by atoms with E-state index < -0.39 is 0 Å². The van der Waals surface area contributed by atoms with Gasteiger partial charge >= 0.3 is 0 Å². The third-order valence-electron chi connectivity index (χ3n) is 2.64. The van der Waals surface area contributed by atoms with Crippen LogP contribution in [0.4, 0.5) is 0 Å². The Morgan fingerprint density at radius 1 is 1.18 bits per heavy atom. The molecule has 4 nitrogen and oxygen atoms in total. The maximum Gasteiger partial charge on any atom is 0.185 e. The second-order valence-corrected chi connectivity index (χ2v) is 3.96. The van der Waals surface area contributed by atoms with Crippen LogP contribution in [0.15, 0.2) is 42.6 Å². The maximum absolute atomic E-state index is 9.75. The minimum Gasteiger partial charge on any atom is -0.507 e. The Hall–Kier alpha value is -2.36. The van der Waals surface area contributed by atoms with Gasteiger partial charge in [0, 0.05) is 6.20 Å². The highest BCUT2D eigenvalue weighted by Crippen LogP contribution is 2.26. The van der Waals surface area contributed by atoms with Gasteiger partial charge in [0.25, 0.3) is 0 Å². The van der Waals surface area contributed by atoms with E-state index >= 15 is 0 Å². The van der Waals surface area contributed by atoms with Crippen LogP contribution in [0, 0.1) is 6.92 Å². The number of aromatic hydroxyl groups is 1. The summed E-state index contributed by atoms with van der Waals surface area (Å²) in [5.41, 5.74) is 2.56. The summed E-state index contributed by atoms with van der Waals surface area (Å²) in [7, 11) is 0. The van der Waals surface area contributed by atoms with E-state index in [0.717, 1.165) is 11.2 Å². The molecule has 0 atom stereocenters. The van der Waals surface area contributed by atoms with Crippen molar-refractivity contribution >= 4 is 5.65 Å².